The molecule has 0 bridgehead atoms. The molecule has 0 aromatic heterocycles. The van der Waals surface area contributed by atoms with Gasteiger partial charge in [-0.3, -0.25) is 4.79 Å². The monoisotopic (exact) mass is 170 g/mol. The summed E-state index contributed by atoms with van der Waals surface area (Å²) in [6, 6.07) is 0. The highest BCUT2D eigenvalue weighted by Crippen LogP contribution is 2.52. The highest BCUT2D eigenvalue weighted by atomic mass is 16.5. The van der Waals surface area contributed by atoms with E-state index in [1.165, 1.54) is 0 Å². The molecule has 2 heteroatoms. The molecule has 1 fully saturated rings. The molecule has 0 aliphatic heterocycles. The number of methoxy groups -OCH3 is 1. The van der Waals surface area contributed by atoms with E-state index in [-0.39, 0.29) is 11.0 Å². The van der Waals surface area contributed by atoms with Gasteiger partial charge in [-0.05, 0) is 40.0 Å². The quantitative estimate of drug-likeness (QED) is 0.646. The molecule has 0 radical (unpaired) electrons. The van der Waals surface area contributed by atoms with Gasteiger partial charge in [-0.15, -0.1) is 0 Å². The van der Waals surface area contributed by atoms with E-state index in [1.54, 1.807) is 14.0 Å². The van der Waals surface area contributed by atoms with Crippen LogP contribution in [0.25, 0.3) is 0 Å². The average Bonchev–Trinajstić information content (AvgIpc) is 2.69. The lowest BCUT2D eigenvalue weighted by atomic mass is 9.88. The minimum Gasteiger partial charge on any atom is -0.379 e. The zero-order valence-electron chi connectivity index (χ0n) is 8.44. The topological polar surface area (TPSA) is 26.3 Å². The molecule has 0 unspecified atom stereocenters. The zero-order chi connectivity index (χ0) is 9.41. The summed E-state index contributed by atoms with van der Waals surface area (Å²) in [6.07, 6.45) is 2.97. The number of ether oxygens (including phenoxy) is 1. The van der Waals surface area contributed by atoms with Gasteiger partial charge in [0.2, 0.25) is 0 Å². The lowest BCUT2D eigenvalue weighted by molar-refractivity contribution is -0.124. The van der Waals surface area contributed by atoms with Crippen LogP contribution in [-0.2, 0) is 9.53 Å². The van der Waals surface area contributed by atoms with Gasteiger partial charge in [-0.1, -0.05) is 0 Å². The van der Waals surface area contributed by atoms with E-state index in [2.05, 4.69) is 0 Å². The first-order valence-electron chi connectivity index (χ1n) is 4.48. The molecule has 0 aromatic rings. The van der Waals surface area contributed by atoms with Crippen molar-refractivity contribution in [1.82, 2.24) is 0 Å². The van der Waals surface area contributed by atoms with Crippen LogP contribution in [0.4, 0.5) is 0 Å². The molecule has 12 heavy (non-hydrogen) atoms. The second-order valence-corrected chi connectivity index (χ2v) is 4.48. The number of carbonyl (C=O) groups is 1. The molecule has 0 N–H and O–H groups in total. The second kappa shape index (κ2) is 2.84. The Hall–Kier alpha value is -0.370. The summed E-state index contributed by atoms with van der Waals surface area (Å²) in [4.78, 5) is 11.3. The van der Waals surface area contributed by atoms with Gasteiger partial charge >= 0.3 is 0 Å². The van der Waals surface area contributed by atoms with Crippen LogP contribution in [0.5, 0.6) is 0 Å². The number of ketones is 1. The molecule has 0 amide bonds. The van der Waals surface area contributed by atoms with Gasteiger partial charge in [0.15, 0.2) is 0 Å². The van der Waals surface area contributed by atoms with E-state index in [4.69, 9.17) is 4.74 Å². The second-order valence-electron chi connectivity index (χ2n) is 4.48. The maximum Gasteiger partial charge on any atom is 0.136 e. The molecule has 0 saturated heterocycles. The largest absolute Gasteiger partial charge is 0.379 e. The third kappa shape index (κ3) is 1.86. The third-order valence-electron chi connectivity index (χ3n) is 2.92. The highest BCUT2D eigenvalue weighted by Gasteiger charge is 2.50. The van der Waals surface area contributed by atoms with Crippen LogP contribution in [0, 0.1) is 5.41 Å². The molecule has 2 nitrogen and oxygen atoms in total. The van der Waals surface area contributed by atoms with Crippen LogP contribution in [0.3, 0.4) is 0 Å². The van der Waals surface area contributed by atoms with Gasteiger partial charge in [0, 0.05) is 12.5 Å². The summed E-state index contributed by atoms with van der Waals surface area (Å²) in [5.74, 6) is 0.327. The fraction of sp³-hybridized carbons (Fsp3) is 0.900. The van der Waals surface area contributed by atoms with E-state index in [1.807, 2.05) is 13.8 Å². The van der Waals surface area contributed by atoms with Crippen LogP contribution in [0.15, 0.2) is 0 Å². The molecule has 0 atom stereocenters. The van der Waals surface area contributed by atoms with Crippen molar-refractivity contribution in [2.75, 3.05) is 7.11 Å². The van der Waals surface area contributed by atoms with Crippen LogP contribution in [-0.4, -0.2) is 18.5 Å². The van der Waals surface area contributed by atoms with E-state index in [0.717, 1.165) is 19.3 Å². The molecule has 1 aliphatic carbocycles. The van der Waals surface area contributed by atoms with Crippen molar-refractivity contribution in [3.63, 3.8) is 0 Å². The Balaban J connectivity index is 2.56. The van der Waals surface area contributed by atoms with Gasteiger partial charge < -0.3 is 4.74 Å². The Morgan fingerprint density at radius 1 is 1.50 bits per heavy atom. The normalized spacial score (nSPS) is 20.7. The number of hydrogen-bond donors (Lipinski definition) is 0. The summed E-state index contributed by atoms with van der Waals surface area (Å²) >= 11 is 0. The maximum atomic E-state index is 11.3. The van der Waals surface area contributed by atoms with E-state index >= 15 is 0 Å². The molecule has 0 aromatic carbocycles. The summed E-state index contributed by atoms with van der Waals surface area (Å²) < 4.78 is 5.31. The van der Waals surface area contributed by atoms with Gasteiger partial charge in [0.05, 0.1) is 5.60 Å². The Morgan fingerprint density at radius 2 is 2.00 bits per heavy atom. The number of rotatable bonds is 4. The lowest BCUT2D eigenvalue weighted by Gasteiger charge is -2.27. The van der Waals surface area contributed by atoms with Crippen molar-refractivity contribution in [3.05, 3.63) is 0 Å². The summed E-state index contributed by atoms with van der Waals surface area (Å²) in [5, 5.41) is 0. The fourth-order valence-corrected chi connectivity index (χ4v) is 1.69. The molecular weight excluding hydrogens is 152 g/mol. The maximum absolute atomic E-state index is 11.3. The van der Waals surface area contributed by atoms with Crippen LogP contribution >= 0.6 is 0 Å². The molecule has 0 heterocycles. The number of carbonyl (C=O) groups excluding carboxylic acids is 1. The zero-order valence-corrected chi connectivity index (χ0v) is 8.44. The fourth-order valence-electron chi connectivity index (χ4n) is 1.69. The van der Waals surface area contributed by atoms with Crippen LogP contribution in [0.1, 0.15) is 40.0 Å². The van der Waals surface area contributed by atoms with E-state index in [0.29, 0.717) is 5.78 Å². The number of hydrogen-bond acceptors (Lipinski definition) is 2. The van der Waals surface area contributed by atoms with Crippen LogP contribution < -0.4 is 0 Å². The van der Waals surface area contributed by atoms with E-state index in [9.17, 15) is 4.79 Å². The third-order valence-corrected chi connectivity index (χ3v) is 2.92. The first kappa shape index (κ1) is 9.72. The SMILES string of the molecule is COC(C)(C)CC1(C(C)=O)CC1. The molecule has 0 spiro atoms. The van der Waals surface area contributed by atoms with Gasteiger partial charge in [-0.2, -0.15) is 0 Å². The van der Waals surface area contributed by atoms with Crippen molar-refractivity contribution >= 4 is 5.78 Å². The van der Waals surface area contributed by atoms with Gasteiger partial charge in [0.25, 0.3) is 0 Å². The molecule has 1 rings (SSSR count). The first-order chi connectivity index (χ1) is 5.42. The molecule has 1 aliphatic rings. The minimum atomic E-state index is -0.151. The predicted octanol–water partition coefficient (Wildman–Crippen LogP) is 2.17. The molecule has 70 valence electrons. The molecule has 1 saturated carbocycles. The van der Waals surface area contributed by atoms with Crippen molar-refractivity contribution < 1.29 is 9.53 Å². The summed E-state index contributed by atoms with van der Waals surface area (Å²) in [7, 11) is 1.70. The minimum absolute atomic E-state index is 0.0283. The summed E-state index contributed by atoms with van der Waals surface area (Å²) in [6.45, 7) is 5.77. The Labute approximate surface area is 74.3 Å². The standard InChI is InChI=1S/C10H18O2/c1-8(11)10(5-6-10)7-9(2,3)12-4/h5-7H2,1-4H3. The smallest absolute Gasteiger partial charge is 0.136 e. The summed E-state index contributed by atoms with van der Waals surface area (Å²) in [5.41, 5.74) is -0.179. The highest BCUT2D eigenvalue weighted by molar-refractivity contribution is 5.85. The van der Waals surface area contributed by atoms with Crippen LogP contribution in [0.2, 0.25) is 0 Å². The lowest BCUT2D eigenvalue weighted by Crippen LogP contribution is -2.29. The average molecular weight is 170 g/mol. The predicted molar refractivity (Wildman–Crippen MR) is 48.1 cm³/mol. The van der Waals surface area contributed by atoms with Crippen molar-refractivity contribution in [1.29, 1.82) is 0 Å². The van der Waals surface area contributed by atoms with Gasteiger partial charge in [-0.25, -0.2) is 0 Å². The van der Waals surface area contributed by atoms with Crippen molar-refractivity contribution in [2.45, 2.75) is 45.6 Å². The van der Waals surface area contributed by atoms with Crippen molar-refractivity contribution in [2.24, 2.45) is 5.41 Å². The molecular formula is C10H18O2. The first-order valence-corrected chi connectivity index (χ1v) is 4.48. The van der Waals surface area contributed by atoms with Gasteiger partial charge in [0.1, 0.15) is 5.78 Å². The Bertz CT molecular complexity index is 190. The van der Waals surface area contributed by atoms with E-state index < -0.39 is 0 Å². The Kier molecular flexibility index (Phi) is 2.30. The Morgan fingerprint density at radius 3 is 2.25 bits per heavy atom. The van der Waals surface area contributed by atoms with Crippen molar-refractivity contribution in [3.8, 4) is 0 Å². The number of Topliss-reactive ketones (excluding diaryl/α,β-unsaturated/α-hetero) is 1.